The van der Waals surface area contributed by atoms with Crippen molar-refractivity contribution in [2.45, 2.75) is 38.6 Å². The van der Waals surface area contributed by atoms with Crippen LogP contribution < -0.4 is 0 Å². The lowest BCUT2D eigenvalue weighted by molar-refractivity contribution is -0.0666. The fourth-order valence-electron chi connectivity index (χ4n) is 2.04. The van der Waals surface area contributed by atoms with Crippen LogP contribution in [-0.4, -0.2) is 57.7 Å². The van der Waals surface area contributed by atoms with Gasteiger partial charge in [-0.3, -0.25) is 4.79 Å². The summed E-state index contributed by atoms with van der Waals surface area (Å²) in [5.41, 5.74) is 0.213. The zero-order valence-electron chi connectivity index (χ0n) is 10.5. The average molecular weight is 256 g/mol. The molecule has 100 valence electrons. The van der Waals surface area contributed by atoms with Crippen LogP contribution >= 0.6 is 0 Å². The van der Waals surface area contributed by atoms with Gasteiger partial charge in [-0.25, -0.2) is 4.39 Å². The van der Waals surface area contributed by atoms with E-state index in [4.69, 9.17) is 4.74 Å². The molecule has 1 aromatic rings. The zero-order valence-corrected chi connectivity index (χ0v) is 10.5. The van der Waals surface area contributed by atoms with Gasteiger partial charge in [-0.05, 0) is 20.3 Å². The second kappa shape index (κ2) is 5.43. The van der Waals surface area contributed by atoms with Crippen LogP contribution in [-0.2, 0) is 4.74 Å². The minimum atomic E-state index is -1.16. The predicted octanol–water partition coefficient (Wildman–Crippen LogP) is 0.782. The van der Waals surface area contributed by atoms with Gasteiger partial charge < -0.3 is 9.64 Å². The first kappa shape index (κ1) is 12.9. The number of rotatable bonds is 3. The Balaban J connectivity index is 1.94. The summed E-state index contributed by atoms with van der Waals surface area (Å²) in [6.45, 7) is 4.27. The van der Waals surface area contributed by atoms with E-state index < -0.39 is 12.3 Å². The average Bonchev–Trinajstić information content (AvgIpc) is 2.84. The van der Waals surface area contributed by atoms with E-state index in [0.717, 1.165) is 0 Å². The lowest BCUT2D eigenvalue weighted by Gasteiger charge is -2.35. The quantitative estimate of drug-likeness (QED) is 0.867. The molecule has 0 aromatic carbocycles. The number of hydrogen-bond acceptors (Lipinski definition) is 4. The highest BCUT2D eigenvalue weighted by atomic mass is 19.1. The number of carbonyl (C=O) groups excluding carboxylic acids is 1. The third kappa shape index (κ3) is 2.84. The summed E-state index contributed by atoms with van der Waals surface area (Å²) >= 11 is 0. The number of carbonyl (C=O) groups is 1. The van der Waals surface area contributed by atoms with Crippen molar-refractivity contribution in [3.8, 4) is 0 Å². The third-order valence-electron chi connectivity index (χ3n) is 2.85. The fraction of sp³-hybridized carbons (Fsp3) is 0.727. The normalized spacial score (nSPS) is 24.6. The van der Waals surface area contributed by atoms with Gasteiger partial charge in [-0.15, -0.1) is 0 Å². The third-order valence-corrected chi connectivity index (χ3v) is 2.85. The van der Waals surface area contributed by atoms with Crippen LogP contribution in [0, 0.1) is 0 Å². The maximum atomic E-state index is 13.9. The molecule has 7 heteroatoms. The Bertz CT molecular complexity index is 396. The second-order valence-electron chi connectivity index (χ2n) is 4.63. The molecule has 6 nitrogen and oxygen atoms in total. The molecule has 1 amide bonds. The molecule has 1 aliphatic rings. The van der Waals surface area contributed by atoms with Crippen LogP contribution in [0.25, 0.3) is 0 Å². The topological polar surface area (TPSA) is 71.1 Å². The first-order valence-corrected chi connectivity index (χ1v) is 6.02. The van der Waals surface area contributed by atoms with E-state index in [1.807, 2.05) is 13.8 Å². The lowest BCUT2D eigenvalue weighted by Crippen LogP contribution is -2.48. The Morgan fingerprint density at radius 2 is 2.44 bits per heavy atom. The van der Waals surface area contributed by atoms with Gasteiger partial charge in [-0.1, -0.05) is 0 Å². The number of H-pyrrole nitrogens is 1. The first-order chi connectivity index (χ1) is 8.58. The molecule has 2 atom stereocenters. The van der Waals surface area contributed by atoms with E-state index in [9.17, 15) is 9.18 Å². The smallest absolute Gasteiger partial charge is 0.276 e. The molecule has 2 rings (SSSR count). The standard InChI is InChI=1S/C11H17FN4O2/c1-7(2)18-10-3-4-16(6-8(10)12)11(17)9-5-13-15-14-9/h5,7-8,10H,3-4,6H2,1-2H3,(H,13,14,15)/t8-,10+/m1/s1. The van der Waals surface area contributed by atoms with E-state index in [1.165, 1.54) is 11.1 Å². The number of likely N-dealkylation sites (tertiary alicyclic amines) is 1. The van der Waals surface area contributed by atoms with Gasteiger partial charge in [-0.2, -0.15) is 15.4 Å². The molecule has 0 unspecified atom stereocenters. The minimum Gasteiger partial charge on any atom is -0.372 e. The van der Waals surface area contributed by atoms with Crippen molar-refractivity contribution in [3.63, 3.8) is 0 Å². The molecule has 0 bridgehead atoms. The van der Waals surface area contributed by atoms with E-state index in [-0.39, 0.29) is 24.2 Å². The molecule has 0 saturated carbocycles. The summed E-state index contributed by atoms with van der Waals surface area (Å²) in [7, 11) is 0. The summed E-state index contributed by atoms with van der Waals surface area (Å²) in [6.07, 6.45) is 0.254. The fourth-order valence-corrected chi connectivity index (χ4v) is 2.04. The molecule has 0 aliphatic carbocycles. The number of nitrogens with zero attached hydrogens (tertiary/aromatic N) is 3. The van der Waals surface area contributed by atoms with Gasteiger partial charge in [0, 0.05) is 6.54 Å². The Morgan fingerprint density at radius 3 is 3.00 bits per heavy atom. The van der Waals surface area contributed by atoms with Crippen LogP contribution in [0.5, 0.6) is 0 Å². The molecule has 1 aromatic heterocycles. The molecule has 1 aliphatic heterocycles. The highest BCUT2D eigenvalue weighted by Gasteiger charge is 2.33. The minimum absolute atomic E-state index is 0.00829. The molecule has 1 N–H and O–H groups in total. The number of amides is 1. The number of piperidine rings is 1. The van der Waals surface area contributed by atoms with Crippen molar-refractivity contribution in [2.75, 3.05) is 13.1 Å². The van der Waals surface area contributed by atoms with Crippen LogP contribution in [0.4, 0.5) is 4.39 Å². The lowest BCUT2D eigenvalue weighted by atomic mass is 10.1. The number of nitrogens with one attached hydrogen (secondary N) is 1. The van der Waals surface area contributed by atoms with Crippen molar-refractivity contribution in [3.05, 3.63) is 11.9 Å². The van der Waals surface area contributed by atoms with Gasteiger partial charge in [0.05, 0.1) is 24.9 Å². The number of aromatic nitrogens is 3. The zero-order chi connectivity index (χ0) is 13.1. The summed E-state index contributed by atoms with van der Waals surface area (Å²) in [6, 6.07) is 0. The number of halogens is 1. The Hall–Kier alpha value is -1.50. The summed E-state index contributed by atoms with van der Waals surface area (Å²) < 4.78 is 19.4. The van der Waals surface area contributed by atoms with Crippen LogP contribution in [0.15, 0.2) is 6.20 Å². The second-order valence-corrected chi connectivity index (χ2v) is 4.63. The maximum Gasteiger partial charge on any atom is 0.276 e. The van der Waals surface area contributed by atoms with Gasteiger partial charge in [0.2, 0.25) is 0 Å². The largest absolute Gasteiger partial charge is 0.372 e. The number of hydrogen-bond donors (Lipinski definition) is 1. The van der Waals surface area contributed by atoms with Crippen LogP contribution in [0.1, 0.15) is 30.8 Å². The number of ether oxygens (including phenoxy) is 1. The first-order valence-electron chi connectivity index (χ1n) is 6.02. The van der Waals surface area contributed by atoms with Crippen molar-refractivity contribution in [1.82, 2.24) is 20.3 Å². The van der Waals surface area contributed by atoms with Crippen molar-refractivity contribution >= 4 is 5.91 Å². The summed E-state index contributed by atoms with van der Waals surface area (Å²) in [5, 5.41) is 9.64. The molecule has 1 saturated heterocycles. The Morgan fingerprint density at radius 1 is 1.67 bits per heavy atom. The van der Waals surface area contributed by atoms with E-state index in [0.29, 0.717) is 13.0 Å². The Kier molecular flexibility index (Phi) is 3.90. The van der Waals surface area contributed by atoms with Gasteiger partial charge >= 0.3 is 0 Å². The molecular formula is C11H17FN4O2. The monoisotopic (exact) mass is 256 g/mol. The van der Waals surface area contributed by atoms with Crippen molar-refractivity contribution < 1.29 is 13.9 Å². The molecule has 18 heavy (non-hydrogen) atoms. The van der Waals surface area contributed by atoms with Crippen LogP contribution in [0.2, 0.25) is 0 Å². The van der Waals surface area contributed by atoms with Gasteiger partial charge in [0.15, 0.2) is 5.69 Å². The van der Waals surface area contributed by atoms with Crippen molar-refractivity contribution in [1.29, 1.82) is 0 Å². The maximum absolute atomic E-state index is 13.9. The van der Waals surface area contributed by atoms with E-state index >= 15 is 0 Å². The predicted molar refractivity (Wildman–Crippen MR) is 61.8 cm³/mol. The van der Waals surface area contributed by atoms with E-state index in [2.05, 4.69) is 15.4 Å². The molecule has 2 heterocycles. The van der Waals surface area contributed by atoms with Crippen molar-refractivity contribution in [2.24, 2.45) is 0 Å². The summed E-state index contributed by atoms with van der Waals surface area (Å²) in [4.78, 5) is 13.4. The Labute approximate surface area is 104 Å². The SMILES string of the molecule is CC(C)O[C@H]1CCN(C(=O)c2cn[nH]n2)C[C@H]1F. The summed E-state index contributed by atoms with van der Waals surface area (Å²) in [5.74, 6) is -0.297. The molecule has 0 spiro atoms. The highest BCUT2D eigenvalue weighted by molar-refractivity contribution is 5.91. The van der Waals surface area contributed by atoms with Gasteiger partial charge in [0.1, 0.15) is 6.17 Å². The number of aromatic amines is 1. The molecule has 1 fully saturated rings. The van der Waals surface area contributed by atoms with Gasteiger partial charge in [0.25, 0.3) is 5.91 Å². The highest BCUT2D eigenvalue weighted by Crippen LogP contribution is 2.19. The van der Waals surface area contributed by atoms with E-state index in [1.54, 1.807) is 0 Å². The molecular weight excluding hydrogens is 239 g/mol. The van der Waals surface area contributed by atoms with Crippen LogP contribution in [0.3, 0.4) is 0 Å². The number of alkyl halides is 1. The molecule has 0 radical (unpaired) electrons.